The van der Waals surface area contributed by atoms with Crippen LogP contribution in [0.5, 0.6) is 0 Å². The second kappa shape index (κ2) is 5.39. The lowest BCUT2D eigenvalue weighted by Crippen LogP contribution is -2.24. The first-order valence-electron chi connectivity index (χ1n) is 4.22. The highest BCUT2D eigenvalue weighted by Gasteiger charge is 2.04. The van der Waals surface area contributed by atoms with Crippen molar-refractivity contribution >= 4 is 23.2 Å². The van der Waals surface area contributed by atoms with Crippen molar-refractivity contribution in [2.24, 2.45) is 0 Å². The van der Waals surface area contributed by atoms with E-state index in [0.29, 0.717) is 18.5 Å². The maximum atomic E-state index is 11.3. The molecule has 0 unspecified atom stereocenters. The number of carboxylic acids is 1. The van der Waals surface area contributed by atoms with Crippen LogP contribution in [0.15, 0.2) is 16.8 Å². The van der Waals surface area contributed by atoms with Crippen LogP contribution in [0.25, 0.3) is 0 Å². The van der Waals surface area contributed by atoms with Gasteiger partial charge >= 0.3 is 5.97 Å². The van der Waals surface area contributed by atoms with Gasteiger partial charge in [0, 0.05) is 23.9 Å². The molecule has 0 fully saturated rings. The van der Waals surface area contributed by atoms with Gasteiger partial charge in [-0.2, -0.15) is 11.3 Å². The molecule has 0 aliphatic heterocycles. The molecule has 0 aliphatic carbocycles. The second-order valence-electron chi connectivity index (χ2n) is 2.77. The van der Waals surface area contributed by atoms with Crippen molar-refractivity contribution in [3.05, 3.63) is 22.4 Å². The highest BCUT2D eigenvalue weighted by molar-refractivity contribution is 7.08. The molecule has 76 valence electrons. The zero-order valence-corrected chi connectivity index (χ0v) is 8.34. The molecule has 0 radical (unpaired) electrons. The van der Waals surface area contributed by atoms with Gasteiger partial charge in [-0.1, -0.05) is 0 Å². The van der Waals surface area contributed by atoms with Gasteiger partial charge in [0.15, 0.2) is 0 Å². The minimum atomic E-state index is -0.838. The van der Waals surface area contributed by atoms with E-state index >= 15 is 0 Å². The Morgan fingerprint density at radius 3 is 2.86 bits per heavy atom. The third-order valence-corrected chi connectivity index (χ3v) is 2.32. The molecule has 1 amide bonds. The largest absolute Gasteiger partial charge is 0.481 e. The summed E-state index contributed by atoms with van der Waals surface area (Å²) in [6.45, 7) is 0.404. The molecule has 1 aromatic rings. The molecule has 1 rings (SSSR count). The third kappa shape index (κ3) is 3.57. The Hall–Kier alpha value is -1.36. The SMILES string of the molecule is O=C(O)CCCNC(=O)c1ccsc1. The Balaban J connectivity index is 2.19. The summed E-state index contributed by atoms with van der Waals surface area (Å²) in [6.07, 6.45) is 0.551. The van der Waals surface area contributed by atoms with Crippen molar-refractivity contribution in [1.29, 1.82) is 0 Å². The van der Waals surface area contributed by atoms with Crippen molar-refractivity contribution in [3.8, 4) is 0 Å². The summed E-state index contributed by atoms with van der Waals surface area (Å²) < 4.78 is 0. The summed E-state index contributed by atoms with van der Waals surface area (Å²) in [5, 5.41) is 14.6. The van der Waals surface area contributed by atoms with Gasteiger partial charge < -0.3 is 10.4 Å². The first-order chi connectivity index (χ1) is 6.70. The summed E-state index contributed by atoms with van der Waals surface area (Å²) in [6, 6.07) is 1.73. The van der Waals surface area contributed by atoms with Crippen molar-refractivity contribution in [2.75, 3.05) is 6.54 Å². The molecule has 14 heavy (non-hydrogen) atoms. The number of amides is 1. The molecule has 5 heteroatoms. The van der Waals surface area contributed by atoms with Crippen LogP contribution in [-0.2, 0) is 4.79 Å². The van der Waals surface area contributed by atoms with E-state index in [1.54, 1.807) is 11.4 Å². The highest BCUT2D eigenvalue weighted by Crippen LogP contribution is 2.05. The van der Waals surface area contributed by atoms with Crippen LogP contribution in [0.1, 0.15) is 23.2 Å². The minimum Gasteiger partial charge on any atom is -0.481 e. The molecule has 0 spiro atoms. The van der Waals surface area contributed by atoms with E-state index in [4.69, 9.17) is 5.11 Å². The van der Waals surface area contributed by atoms with Gasteiger partial charge in [0.2, 0.25) is 0 Å². The second-order valence-corrected chi connectivity index (χ2v) is 3.55. The number of hydrogen-bond acceptors (Lipinski definition) is 3. The third-order valence-electron chi connectivity index (χ3n) is 1.64. The fourth-order valence-electron chi connectivity index (χ4n) is 0.937. The van der Waals surface area contributed by atoms with Crippen molar-refractivity contribution in [1.82, 2.24) is 5.32 Å². The summed E-state index contributed by atoms with van der Waals surface area (Å²) in [4.78, 5) is 21.5. The van der Waals surface area contributed by atoms with E-state index in [1.807, 2.05) is 5.38 Å². The highest BCUT2D eigenvalue weighted by atomic mass is 32.1. The van der Waals surface area contributed by atoms with Crippen LogP contribution in [0.2, 0.25) is 0 Å². The molecule has 1 aromatic heterocycles. The molecule has 0 saturated heterocycles. The Labute approximate surface area is 85.6 Å². The molecule has 0 aromatic carbocycles. The van der Waals surface area contributed by atoms with Crippen LogP contribution in [0, 0.1) is 0 Å². The van der Waals surface area contributed by atoms with E-state index in [0.717, 1.165) is 0 Å². The van der Waals surface area contributed by atoms with E-state index in [9.17, 15) is 9.59 Å². The predicted molar refractivity (Wildman–Crippen MR) is 53.5 cm³/mol. The molecule has 0 bridgehead atoms. The van der Waals surface area contributed by atoms with E-state index in [1.165, 1.54) is 11.3 Å². The van der Waals surface area contributed by atoms with E-state index in [2.05, 4.69) is 5.32 Å². The molecule has 0 atom stereocenters. The van der Waals surface area contributed by atoms with Crippen LogP contribution in [0.4, 0.5) is 0 Å². The summed E-state index contributed by atoms with van der Waals surface area (Å²) in [5.41, 5.74) is 0.630. The number of carbonyl (C=O) groups is 2. The number of thiophene rings is 1. The van der Waals surface area contributed by atoms with E-state index < -0.39 is 5.97 Å². The Morgan fingerprint density at radius 1 is 1.50 bits per heavy atom. The minimum absolute atomic E-state index is 0.0872. The molecule has 2 N–H and O–H groups in total. The topological polar surface area (TPSA) is 66.4 Å². The number of carbonyl (C=O) groups excluding carboxylic acids is 1. The Morgan fingerprint density at radius 2 is 2.29 bits per heavy atom. The quantitative estimate of drug-likeness (QED) is 0.725. The average Bonchev–Trinajstić information content (AvgIpc) is 2.64. The van der Waals surface area contributed by atoms with E-state index in [-0.39, 0.29) is 12.3 Å². The van der Waals surface area contributed by atoms with Gasteiger partial charge in [-0.15, -0.1) is 0 Å². The molecular formula is C9H11NO3S. The van der Waals surface area contributed by atoms with Gasteiger partial charge in [0.05, 0.1) is 0 Å². The van der Waals surface area contributed by atoms with Gasteiger partial charge in [0.1, 0.15) is 0 Å². The molecule has 0 saturated carbocycles. The average molecular weight is 213 g/mol. The maximum absolute atomic E-state index is 11.3. The number of rotatable bonds is 5. The summed E-state index contributed by atoms with van der Waals surface area (Å²) in [5.74, 6) is -0.980. The molecule has 1 heterocycles. The van der Waals surface area contributed by atoms with Crippen molar-refractivity contribution in [3.63, 3.8) is 0 Å². The first-order valence-corrected chi connectivity index (χ1v) is 5.16. The molecule has 4 nitrogen and oxygen atoms in total. The van der Waals surface area contributed by atoms with Crippen molar-refractivity contribution < 1.29 is 14.7 Å². The first kappa shape index (κ1) is 10.7. The Kier molecular flexibility index (Phi) is 4.12. The van der Waals surface area contributed by atoms with Gasteiger partial charge in [-0.05, 0) is 17.9 Å². The fraction of sp³-hybridized carbons (Fsp3) is 0.333. The predicted octanol–water partition coefficient (Wildman–Crippen LogP) is 1.34. The lowest BCUT2D eigenvalue weighted by Gasteiger charge is -2.01. The normalized spacial score (nSPS) is 9.71. The standard InChI is InChI=1S/C9H11NO3S/c11-8(12)2-1-4-10-9(13)7-3-5-14-6-7/h3,5-6H,1-2,4H2,(H,10,13)(H,11,12). The lowest BCUT2D eigenvalue weighted by molar-refractivity contribution is -0.137. The zero-order chi connectivity index (χ0) is 10.4. The van der Waals surface area contributed by atoms with Crippen LogP contribution in [-0.4, -0.2) is 23.5 Å². The fourth-order valence-corrected chi connectivity index (χ4v) is 1.57. The Bertz CT molecular complexity index is 308. The van der Waals surface area contributed by atoms with Crippen LogP contribution < -0.4 is 5.32 Å². The number of nitrogens with one attached hydrogen (secondary N) is 1. The van der Waals surface area contributed by atoms with Gasteiger partial charge in [-0.25, -0.2) is 0 Å². The summed E-state index contributed by atoms with van der Waals surface area (Å²) in [7, 11) is 0. The van der Waals surface area contributed by atoms with Crippen molar-refractivity contribution in [2.45, 2.75) is 12.8 Å². The van der Waals surface area contributed by atoms with Crippen LogP contribution >= 0.6 is 11.3 Å². The zero-order valence-electron chi connectivity index (χ0n) is 7.53. The number of carboxylic acid groups (broad SMARTS) is 1. The number of aliphatic carboxylic acids is 1. The monoisotopic (exact) mass is 213 g/mol. The number of hydrogen-bond donors (Lipinski definition) is 2. The van der Waals surface area contributed by atoms with Crippen LogP contribution in [0.3, 0.4) is 0 Å². The maximum Gasteiger partial charge on any atom is 0.303 e. The molecule has 0 aliphatic rings. The van der Waals surface area contributed by atoms with Gasteiger partial charge in [-0.3, -0.25) is 9.59 Å². The smallest absolute Gasteiger partial charge is 0.303 e. The van der Waals surface area contributed by atoms with Gasteiger partial charge in [0.25, 0.3) is 5.91 Å². The molecular weight excluding hydrogens is 202 g/mol. The lowest BCUT2D eigenvalue weighted by atomic mass is 10.3. The summed E-state index contributed by atoms with van der Waals surface area (Å²) >= 11 is 1.46.